The largest absolute Gasteiger partial charge is 0.368 e. The average molecular weight is 188 g/mol. The second-order valence-corrected chi connectivity index (χ2v) is 3.06. The van der Waals surface area contributed by atoms with Crippen molar-refractivity contribution < 1.29 is 0 Å². The summed E-state index contributed by atoms with van der Waals surface area (Å²) >= 11 is 0. The number of aromatic amines is 1. The molecule has 0 saturated heterocycles. The van der Waals surface area contributed by atoms with Crippen molar-refractivity contribution in [2.24, 2.45) is 0 Å². The summed E-state index contributed by atoms with van der Waals surface area (Å²) in [5.41, 5.74) is 8.48. The Morgan fingerprint density at radius 3 is 2.93 bits per heavy atom. The van der Waals surface area contributed by atoms with E-state index in [2.05, 4.69) is 15.0 Å². The number of hydrogen-bond donors (Lipinski definition) is 2. The Morgan fingerprint density at radius 2 is 2.29 bits per heavy atom. The number of nitrogen functional groups attached to an aromatic ring is 1. The molecule has 0 fully saturated rings. The molecule has 2 aromatic rings. The minimum absolute atomic E-state index is 0.334. The Hall–Kier alpha value is -1.84. The zero-order valence-corrected chi connectivity index (χ0v) is 7.99. The van der Waals surface area contributed by atoms with Crippen molar-refractivity contribution in [3.8, 4) is 11.3 Å². The Bertz CT molecular complexity index is 420. The van der Waals surface area contributed by atoms with Crippen LogP contribution in [0.5, 0.6) is 0 Å². The lowest BCUT2D eigenvalue weighted by atomic mass is 10.2. The van der Waals surface area contributed by atoms with Crippen molar-refractivity contribution in [1.82, 2.24) is 15.0 Å². The molecule has 3 N–H and O–H groups in total. The lowest BCUT2D eigenvalue weighted by molar-refractivity contribution is 1.01. The number of nitrogens with zero attached hydrogens (tertiary/aromatic N) is 2. The highest BCUT2D eigenvalue weighted by Gasteiger charge is 2.03. The van der Waals surface area contributed by atoms with Crippen molar-refractivity contribution in [3.05, 3.63) is 30.2 Å². The van der Waals surface area contributed by atoms with Crippen LogP contribution in [0.15, 0.2) is 24.5 Å². The van der Waals surface area contributed by atoms with E-state index in [1.807, 2.05) is 31.5 Å². The molecule has 0 saturated carbocycles. The third-order valence-corrected chi connectivity index (χ3v) is 2.05. The first-order chi connectivity index (χ1) is 6.79. The highest BCUT2D eigenvalue weighted by Crippen LogP contribution is 2.17. The summed E-state index contributed by atoms with van der Waals surface area (Å²) in [5.74, 6) is 0.334. The number of aromatic nitrogens is 3. The number of nitrogens with two attached hydrogens (primary N) is 1. The van der Waals surface area contributed by atoms with Crippen molar-refractivity contribution in [2.45, 2.75) is 13.3 Å². The summed E-state index contributed by atoms with van der Waals surface area (Å²) in [6, 6.07) is 3.92. The van der Waals surface area contributed by atoms with Gasteiger partial charge in [-0.05, 0) is 18.6 Å². The molecule has 4 nitrogen and oxygen atoms in total. The summed E-state index contributed by atoms with van der Waals surface area (Å²) < 4.78 is 0. The molecule has 0 amide bonds. The fraction of sp³-hybridized carbons (Fsp3) is 0.200. The van der Waals surface area contributed by atoms with Gasteiger partial charge >= 0.3 is 0 Å². The van der Waals surface area contributed by atoms with Crippen molar-refractivity contribution in [1.29, 1.82) is 0 Å². The summed E-state index contributed by atoms with van der Waals surface area (Å²) in [7, 11) is 0. The summed E-state index contributed by atoms with van der Waals surface area (Å²) in [4.78, 5) is 11.3. The molecule has 2 rings (SSSR count). The summed E-state index contributed by atoms with van der Waals surface area (Å²) in [6.07, 6.45) is 4.62. The van der Waals surface area contributed by atoms with Crippen LogP contribution in [-0.2, 0) is 6.42 Å². The zero-order chi connectivity index (χ0) is 9.97. The first kappa shape index (κ1) is 8.74. The molecule has 0 radical (unpaired) electrons. The van der Waals surface area contributed by atoms with Crippen LogP contribution >= 0.6 is 0 Å². The zero-order valence-electron chi connectivity index (χ0n) is 7.99. The van der Waals surface area contributed by atoms with E-state index in [1.54, 1.807) is 0 Å². The van der Waals surface area contributed by atoms with Crippen molar-refractivity contribution >= 4 is 5.95 Å². The quantitative estimate of drug-likeness (QED) is 0.752. The SMILES string of the molecule is CCc1cc(-c2cc[nH]c2)nc(N)n1. The van der Waals surface area contributed by atoms with Crippen molar-refractivity contribution in [3.63, 3.8) is 0 Å². The van der Waals surface area contributed by atoms with Crippen LogP contribution in [0.2, 0.25) is 0 Å². The minimum atomic E-state index is 0.334. The molecule has 0 aliphatic heterocycles. The van der Waals surface area contributed by atoms with Gasteiger partial charge in [0, 0.05) is 23.7 Å². The summed E-state index contributed by atoms with van der Waals surface area (Å²) in [5, 5.41) is 0. The lowest BCUT2D eigenvalue weighted by Gasteiger charge is -2.01. The first-order valence-corrected chi connectivity index (χ1v) is 4.56. The number of hydrogen-bond acceptors (Lipinski definition) is 3. The van der Waals surface area contributed by atoms with E-state index in [4.69, 9.17) is 5.73 Å². The van der Waals surface area contributed by atoms with Crippen LogP contribution < -0.4 is 5.73 Å². The maximum atomic E-state index is 5.61. The molecular formula is C10H12N4. The highest BCUT2D eigenvalue weighted by molar-refractivity contribution is 5.59. The van der Waals surface area contributed by atoms with Gasteiger partial charge in [0.2, 0.25) is 5.95 Å². The molecule has 72 valence electrons. The van der Waals surface area contributed by atoms with Crippen LogP contribution in [0.3, 0.4) is 0 Å². The van der Waals surface area contributed by atoms with E-state index in [1.165, 1.54) is 0 Å². The van der Waals surface area contributed by atoms with E-state index < -0.39 is 0 Å². The molecule has 0 atom stereocenters. The van der Waals surface area contributed by atoms with Gasteiger partial charge in [-0.15, -0.1) is 0 Å². The van der Waals surface area contributed by atoms with Gasteiger partial charge in [-0.25, -0.2) is 9.97 Å². The third kappa shape index (κ3) is 1.59. The second-order valence-electron chi connectivity index (χ2n) is 3.06. The monoisotopic (exact) mass is 188 g/mol. The second kappa shape index (κ2) is 3.49. The van der Waals surface area contributed by atoms with Gasteiger partial charge in [0.15, 0.2) is 0 Å². The van der Waals surface area contributed by atoms with Gasteiger partial charge < -0.3 is 10.7 Å². The molecule has 0 aromatic carbocycles. The Balaban J connectivity index is 2.48. The van der Waals surface area contributed by atoms with Crippen LogP contribution in [0, 0.1) is 0 Å². The van der Waals surface area contributed by atoms with Gasteiger partial charge in [0.25, 0.3) is 0 Å². The van der Waals surface area contributed by atoms with E-state index in [-0.39, 0.29) is 0 Å². The van der Waals surface area contributed by atoms with E-state index in [9.17, 15) is 0 Å². The molecule has 4 heteroatoms. The topological polar surface area (TPSA) is 67.6 Å². The molecule has 0 aliphatic rings. The Morgan fingerprint density at radius 1 is 1.43 bits per heavy atom. The molecule has 14 heavy (non-hydrogen) atoms. The molecule has 0 aliphatic carbocycles. The molecule has 0 bridgehead atoms. The Labute approximate surface area is 82.2 Å². The highest BCUT2D eigenvalue weighted by atomic mass is 15.0. The fourth-order valence-corrected chi connectivity index (χ4v) is 1.33. The number of nitrogens with one attached hydrogen (secondary N) is 1. The Kier molecular flexibility index (Phi) is 2.18. The summed E-state index contributed by atoms with van der Waals surface area (Å²) in [6.45, 7) is 2.04. The van der Waals surface area contributed by atoms with Crippen molar-refractivity contribution in [2.75, 3.05) is 5.73 Å². The van der Waals surface area contributed by atoms with E-state index in [0.717, 1.165) is 23.4 Å². The van der Waals surface area contributed by atoms with Gasteiger partial charge in [0.05, 0.1) is 5.69 Å². The fourth-order valence-electron chi connectivity index (χ4n) is 1.33. The van der Waals surface area contributed by atoms with Crippen LogP contribution in [-0.4, -0.2) is 15.0 Å². The van der Waals surface area contributed by atoms with Gasteiger partial charge in [-0.1, -0.05) is 6.92 Å². The standard InChI is InChI=1S/C10H12N4/c1-2-8-5-9(14-10(11)13-8)7-3-4-12-6-7/h3-6,12H,2H2,1H3,(H2,11,13,14). The van der Waals surface area contributed by atoms with Crippen LogP contribution in [0.1, 0.15) is 12.6 Å². The molecule has 2 aromatic heterocycles. The minimum Gasteiger partial charge on any atom is -0.368 e. The van der Waals surface area contributed by atoms with Crippen LogP contribution in [0.25, 0.3) is 11.3 Å². The van der Waals surface area contributed by atoms with Gasteiger partial charge in [-0.3, -0.25) is 0 Å². The number of H-pyrrole nitrogens is 1. The normalized spacial score (nSPS) is 10.4. The first-order valence-electron chi connectivity index (χ1n) is 4.56. The van der Waals surface area contributed by atoms with Gasteiger partial charge in [-0.2, -0.15) is 0 Å². The maximum Gasteiger partial charge on any atom is 0.220 e. The van der Waals surface area contributed by atoms with E-state index in [0.29, 0.717) is 5.95 Å². The molecule has 0 unspecified atom stereocenters. The average Bonchev–Trinajstić information content (AvgIpc) is 2.69. The molecule has 2 heterocycles. The number of anilines is 1. The number of rotatable bonds is 2. The predicted octanol–water partition coefficient (Wildman–Crippen LogP) is 1.62. The maximum absolute atomic E-state index is 5.61. The van der Waals surface area contributed by atoms with Gasteiger partial charge in [0.1, 0.15) is 0 Å². The lowest BCUT2D eigenvalue weighted by Crippen LogP contribution is -1.99. The predicted molar refractivity (Wildman–Crippen MR) is 55.6 cm³/mol. The number of aryl methyl sites for hydroxylation is 1. The third-order valence-electron chi connectivity index (χ3n) is 2.05. The molecule has 0 spiro atoms. The smallest absolute Gasteiger partial charge is 0.220 e. The molecular weight excluding hydrogens is 176 g/mol. The van der Waals surface area contributed by atoms with E-state index >= 15 is 0 Å². The van der Waals surface area contributed by atoms with Crippen LogP contribution in [0.4, 0.5) is 5.95 Å².